The van der Waals surface area contributed by atoms with Gasteiger partial charge in [0.1, 0.15) is 5.82 Å². The van der Waals surface area contributed by atoms with Crippen LogP contribution in [0.5, 0.6) is 0 Å². The van der Waals surface area contributed by atoms with E-state index in [0.29, 0.717) is 6.54 Å². The molecule has 1 aromatic heterocycles. The summed E-state index contributed by atoms with van der Waals surface area (Å²) in [5, 5.41) is 2.58. The van der Waals surface area contributed by atoms with Gasteiger partial charge in [-0.15, -0.1) is 0 Å². The lowest BCUT2D eigenvalue weighted by Crippen LogP contribution is -2.40. The molecule has 1 amide bonds. The number of amides is 1. The molecule has 5 nitrogen and oxygen atoms in total. The highest BCUT2D eigenvalue weighted by Gasteiger charge is 2.31. The minimum atomic E-state index is -4.50. The van der Waals surface area contributed by atoms with Gasteiger partial charge in [0, 0.05) is 12.5 Å². The lowest BCUT2D eigenvalue weighted by molar-refractivity contribution is -0.137. The minimum absolute atomic E-state index is 0.0395. The molecule has 4 rings (SSSR count). The number of carbonyl (C=O) groups is 1. The molecule has 3 aromatic rings. The van der Waals surface area contributed by atoms with Gasteiger partial charge in [-0.1, -0.05) is 23.7 Å². The average Bonchev–Trinajstić information content (AvgIpc) is 3.13. The SMILES string of the molecule is O=C(CN1CCCC(c2nc3ccccc3[nH]2)C1)Nc1cc(C(F)(F)F)ccc1Cl. The first-order chi connectivity index (χ1) is 14.3. The van der Waals surface area contributed by atoms with Crippen LogP contribution < -0.4 is 5.32 Å². The van der Waals surface area contributed by atoms with E-state index in [1.807, 2.05) is 29.2 Å². The van der Waals surface area contributed by atoms with E-state index in [9.17, 15) is 18.0 Å². The Bertz CT molecular complexity index is 1030. The molecule has 0 spiro atoms. The fourth-order valence-electron chi connectivity index (χ4n) is 3.78. The number of imidazole rings is 1. The molecule has 2 heterocycles. The van der Waals surface area contributed by atoms with Crippen LogP contribution in [0.3, 0.4) is 0 Å². The van der Waals surface area contributed by atoms with Crippen molar-refractivity contribution in [2.24, 2.45) is 0 Å². The Balaban J connectivity index is 1.41. The maximum atomic E-state index is 12.9. The number of anilines is 1. The van der Waals surface area contributed by atoms with Crippen LogP contribution in [0.4, 0.5) is 18.9 Å². The van der Waals surface area contributed by atoms with Crippen LogP contribution >= 0.6 is 11.6 Å². The quantitative estimate of drug-likeness (QED) is 0.601. The van der Waals surface area contributed by atoms with Gasteiger partial charge in [0.25, 0.3) is 0 Å². The number of alkyl halides is 3. The third-order valence-corrected chi connectivity index (χ3v) is 5.56. The van der Waals surface area contributed by atoms with Gasteiger partial charge in [0.2, 0.25) is 5.91 Å². The van der Waals surface area contributed by atoms with Crippen LogP contribution in [0, 0.1) is 0 Å². The number of benzene rings is 2. The van der Waals surface area contributed by atoms with Crippen molar-refractivity contribution in [2.45, 2.75) is 24.9 Å². The van der Waals surface area contributed by atoms with Crippen molar-refractivity contribution in [2.75, 3.05) is 25.0 Å². The van der Waals surface area contributed by atoms with E-state index in [1.54, 1.807) is 0 Å². The average molecular weight is 437 g/mol. The molecule has 0 saturated carbocycles. The third-order valence-electron chi connectivity index (χ3n) is 5.23. The predicted octanol–water partition coefficient (Wildman–Crippen LogP) is 5.05. The number of H-pyrrole nitrogens is 1. The number of halogens is 4. The van der Waals surface area contributed by atoms with Crippen LogP contribution in [0.1, 0.15) is 30.1 Å². The van der Waals surface area contributed by atoms with E-state index in [0.717, 1.165) is 54.4 Å². The summed E-state index contributed by atoms with van der Waals surface area (Å²) in [6.07, 6.45) is -2.65. The number of likely N-dealkylation sites (tertiary alicyclic amines) is 1. The van der Waals surface area contributed by atoms with Crippen LogP contribution in [0.25, 0.3) is 11.0 Å². The minimum Gasteiger partial charge on any atom is -0.342 e. The van der Waals surface area contributed by atoms with Crippen molar-refractivity contribution < 1.29 is 18.0 Å². The molecule has 1 unspecified atom stereocenters. The van der Waals surface area contributed by atoms with Gasteiger partial charge in [0.15, 0.2) is 0 Å². The number of nitrogens with one attached hydrogen (secondary N) is 2. The maximum Gasteiger partial charge on any atom is 0.416 e. The fourth-order valence-corrected chi connectivity index (χ4v) is 3.94. The van der Waals surface area contributed by atoms with Crippen molar-refractivity contribution in [3.8, 4) is 0 Å². The summed E-state index contributed by atoms with van der Waals surface area (Å²) in [6.45, 7) is 1.45. The zero-order chi connectivity index (χ0) is 21.3. The van der Waals surface area contributed by atoms with Crippen molar-refractivity contribution in [1.82, 2.24) is 14.9 Å². The molecule has 158 valence electrons. The van der Waals surface area contributed by atoms with Crippen LogP contribution in [0.15, 0.2) is 42.5 Å². The zero-order valence-corrected chi connectivity index (χ0v) is 16.7. The highest BCUT2D eigenvalue weighted by molar-refractivity contribution is 6.33. The molecular formula is C21H20ClF3N4O. The van der Waals surface area contributed by atoms with Crippen LogP contribution in [-0.4, -0.2) is 40.4 Å². The van der Waals surface area contributed by atoms with Gasteiger partial charge in [0.05, 0.1) is 33.9 Å². The second-order valence-corrected chi connectivity index (χ2v) is 7.86. The Morgan fingerprint density at radius 3 is 2.83 bits per heavy atom. The molecule has 1 saturated heterocycles. The van der Waals surface area contributed by atoms with Gasteiger partial charge in [-0.25, -0.2) is 4.98 Å². The highest BCUT2D eigenvalue weighted by Crippen LogP contribution is 2.34. The summed E-state index contributed by atoms with van der Waals surface area (Å²) in [5.41, 5.74) is 0.982. The van der Waals surface area contributed by atoms with Gasteiger partial charge in [-0.2, -0.15) is 13.2 Å². The van der Waals surface area contributed by atoms with Crippen LogP contribution in [-0.2, 0) is 11.0 Å². The molecule has 9 heteroatoms. The number of hydrogen-bond acceptors (Lipinski definition) is 3. The molecule has 1 fully saturated rings. The number of para-hydroxylation sites is 2. The number of piperidine rings is 1. The van der Waals surface area contributed by atoms with Crippen molar-refractivity contribution >= 4 is 34.2 Å². The summed E-state index contributed by atoms with van der Waals surface area (Å²) in [7, 11) is 0. The standard InChI is InChI=1S/C21H20ClF3N4O/c22-15-8-7-14(21(23,24)25)10-18(15)26-19(30)12-29-9-3-4-13(11-29)20-27-16-5-1-2-6-17(16)28-20/h1-2,5-8,10,13H,3-4,9,11-12H2,(H,26,30)(H,27,28). The third kappa shape index (κ3) is 4.60. The molecule has 30 heavy (non-hydrogen) atoms. The summed E-state index contributed by atoms with van der Waals surface area (Å²) in [5.74, 6) is 0.653. The Morgan fingerprint density at radius 2 is 2.07 bits per heavy atom. The second-order valence-electron chi connectivity index (χ2n) is 7.45. The normalized spacial score (nSPS) is 17.9. The van der Waals surface area contributed by atoms with Gasteiger partial charge >= 0.3 is 6.18 Å². The predicted molar refractivity (Wildman–Crippen MR) is 110 cm³/mol. The Morgan fingerprint density at radius 1 is 1.27 bits per heavy atom. The topological polar surface area (TPSA) is 61.0 Å². The summed E-state index contributed by atoms with van der Waals surface area (Å²) < 4.78 is 38.8. The first-order valence-corrected chi connectivity index (χ1v) is 10.0. The van der Waals surface area contributed by atoms with E-state index < -0.39 is 17.6 Å². The second kappa shape index (κ2) is 8.28. The van der Waals surface area contributed by atoms with E-state index in [2.05, 4.69) is 15.3 Å². The molecule has 1 atom stereocenters. The molecular weight excluding hydrogens is 417 g/mol. The Hall–Kier alpha value is -2.58. The van der Waals surface area contributed by atoms with Gasteiger partial charge in [-0.3, -0.25) is 9.69 Å². The lowest BCUT2D eigenvalue weighted by atomic mass is 9.97. The first-order valence-electron chi connectivity index (χ1n) is 9.63. The number of nitrogens with zero attached hydrogens (tertiary/aromatic N) is 2. The van der Waals surface area contributed by atoms with E-state index in [4.69, 9.17) is 11.6 Å². The monoisotopic (exact) mass is 436 g/mol. The zero-order valence-electron chi connectivity index (χ0n) is 16.0. The van der Waals surface area contributed by atoms with E-state index in [-0.39, 0.29) is 23.2 Å². The molecule has 1 aliphatic heterocycles. The number of aromatic amines is 1. The summed E-state index contributed by atoms with van der Waals surface area (Å²) in [4.78, 5) is 22.4. The first kappa shape index (κ1) is 20.7. The largest absolute Gasteiger partial charge is 0.416 e. The Labute approximate surface area is 176 Å². The van der Waals surface area contributed by atoms with Crippen molar-refractivity contribution in [3.63, 3.8) is 0 Å². The van der Waals surface area contributed by atoms with Gasteiger partial charge in [-0.05, 0) is 49.7 Å². The van der Waals surface area contributed by atoms with E-state index in [1.165, 1.54) is 0 Å². The van der Waals surface area contributed by atoms with Gasteiger partial charge < -0.3 is 10.3 Å². The van der Waals surface area contributed by atoms with Crippen molar-refractivity contribution in [3.05, 3.63) is 58.9 Å². The number of hydrogen-bond donors (Lipinski definition) is 2. The Kier molecular flexibility index (Phi) is 5.71. The highest BCUT2D eigenvalue weighted by atomic mass is 35.5. The molecule has 0 aliphatic carbocycles. The molecule has 0 radical (unpaired) electrons. The fraction of sp³-hybridized carbons (Fsp3) is 0.333. The number of aromatic nitrogens is 2. The number of carbonyl (C=O) groups excluding carboxylic acids is 1. The summed E-state index contributed by atoms with van der Waals surface area (Å²) >= 11 is 5.97. The molecule has 0 bridgehead atoms. The smallest absolute Gasteiger partial charge is 0.342 e. The molecule has 1 aliphatic rings. The lowest BCUT2D eigenvalue weighted by Gasteiger charge is -2.31. The maximum absolute atomic E-state index is 12.9. The molecule has 2 aromatic carbocycles. The number of fused-ring (bicyclic) bond motifs is 1. The van der Waals surface area contributed by atoms with E-state index >= 15 is 0 Å². The number of rotatable bonds is 4. The molecule has 2 N–H and O–H groups in total. The van der Waals surface area contributed by atoms with Crippen molar-refractivity contribution in [1.29, 1.82) is 0 Å². The summed E-state index contributed by atoms with van der Waals surface area (Å²) in [6, 6.07) is 10.7. The van der Waals surface area contributed by atoms with Crippen LogP contribution in [0.2, 0.25) is 5.02 Å².